The predicted molar refractivity (Wildman–Crippen MR) is 107 cm³/mol. The van der Waals surface area contributed by atoms with Crippen molar-refractivity contribution < 1.29 is 9.59 Å². The number of carbonyl (C=O) groups excluding carboxylic acids is 2. The average molecular weight is 388 g/mol. The fourth-order valence-corrected chi connectivity index (χ4v) is 4.88. The zero-order valence-electron chi connectivity index (χ0n) is 16.9. The smallest absolute Gasteiger partial charge is 0.224 e. The first-order valence-electron chi connectivity index (χ1n) is 10.9. The molecule has 1 aromatic heterocycles. The molecular formula is C21H33N5O2. The Balaban J connectivity index is 1.29. The van der Waals surface area contributed by atoms with Crippen molar-refractivity contribution in [2.45, 2.75) is 69.9 Å². The lowest BCUT2D eigenvalue weighted by atomic mass is 9.93. The molecule has 2 saturated heterocycles. The third kappa shape index (κ3) is 4.74. The van der Waals surface area contributed by atoms with Crippen molar-refractivity contribution in [2.75, 3.05) is 26.2 Å². The molecule has 0 radical (unpaired) electrons. The lowest BCUT2D eigenvalue weighted by molar-refractivity contribution is -0.133. The van der Waals surface area contributed by atoms with Crippen LogP contribution in [-0.4, -0.2) is 70.1 Å². The van der Waals surface area contributed by atoms with E-state index in [9.17, 15) is 9.59 Å². The Labute approximate surface area is 167 Å². The van der Waals surface area contributed by atoms with Crippen molar-refractivity contribution in [3.63, 3.8) is 0 Å². The second-order valence-electron chi connectivity index (χ2n) is 8.83. The van der Waals surface area contributed by atoms with Crippen LogP contribution in [0.4, 0.5) is 0 Å². The van der Waals surface area contributed by atoms with Crippen LogP contribution in [0.15, 0.2) is 12.3 Å². The number of aromatic amines is 1. The van der Waals surface area contributed by atoms with E-state index in [1.165, 1.54) is 18.5 Å². The quantitative estimate of drug-likeness (QED) is 0.749. The number of carbonyl (C=O) groups is 2. The summed E-state index contributed by atoms with van der Waals surface area (Å²) in [4.78, 5) is 28.9. The van der Waals surface area contributed by atoms with E-state index in [0.717, 1.165) is 51.2 Å². The van der Waals surface area contributed by atoms with E-state index in [1.807, 2.05) is 6.07 Å². The van der Waals surface area contributed by atoms with Gasteiger partial charge >= 0.3 is 0 Å². The summed E-state index contributed by atoms with van der Waals surface area (Å²) in [6, 6.07) is 2.76. The highest BCUT2D eigenvalue weighted by molar-refractivity contribution is 5.77. The highest BCUT2D eigenvalue weighted by Crippen LogP contribution is 2.36. The van der Waals surface area contributed by atoms with Gasteiger partial charge in [0.05, 0.1) is 0 Å². The summed E-state index contributed by atoms with van der Waals surface area (Å²) in [5.74, 6) is 1.62. The Morgan fingerprint density at radius 1 is 1.14 bits per heavy atom. The molecule has 1 saturated carbocycles. The summed E-state index contributed by atoms with van der Waals surface area (Å²) < 4.78 is 0. The average Bonchev–Trinajstić information content (AvgIpc) is 3.19. The van der Waals surface area contributed by atoms with Crippen molar-refractivity contribution >= 4 is 11.8 Å². The topological polar surface area (TPSA) is 81.3 Å². The molecule has 2 N–H and O–H groups in total. The molecular weight excluding hydrogens is 354 g/mol. The number of nitrogens with one attached hydrogen (secondary N) is 2. The van der Waals surface area contributed by atoms with E-state index in [0.29, 0.717) is 36.9 Å². The number of rotatable bonds is 7. The molecule has 1 aromatic rings. The molecule has 0 bridgehead atoms. The van der Waals surface area contributed by atoms with Crippen LogP contribution in [0.2, 0.25) is 0 Å². The Morgan fingerprint density at radius 2 is 1.89 bits per heavy atom. The van der Waals surface area contributed by atoms with Crippen molar-refractivity contribution in [3.8, 4) is 0 Å². The van der Waals surface area contributed by atoms with Crippen LogP contribution < -0.4 is 5.32 Å². The van der Waals surface area contributed by atoms with E-state index >= 15 is 0 Å². The zero-order chi connectivity index (χ0) is 19.5. The SMILES string of the molecule is CC(=O)NC[C@@H]1CC[C@H](CC(=O)N2CCC(c3ccn[nH]3)CC2)N1CC1CC1. The molecule has 3 fully saturated rings. The fraction of sp³-hybridized carbons (Fsp3) is 0.762. The van der Waals surface area contributed by atoms with E-state index in [2.05, 4.69) is 25.3 Å². The van der Waals surface area contributed by atoms with Gasteiger partial charge in [-0.25, -0.2) is 0 Å². The lowest BCUT2D eigenvalue weighted by Crippen LogP contribution is -2.46. The Bertz CT molecular complexity index is 664. The first-order valence-corrected chi connectivity index (χ1v) is 10.9. The van der Waals surface area contributed by atoms with Crippen LogP contribution >= 0.6 is 0 Å². The lowest BCUT2D eigenvalue weighted by Gasteiger charge is -2.34. The molecule has 154 valence electrons. The van der Waals surface area contributed by atoms with E-state index in [-0.39, 0.29) is 5.91 Å². The van der Waals surface area contributed by atoms with Gasteiger partial charge in [-0.2, -0.15) is 5.10 Å². The number of H-pyrrole nitrogens is 1. The van der Waals surface area contributed by atoms with Gasteiger partial charge in [-0.1, -0.05) is 0 Å². The van der Waals surface area contributed by atoms with Crippen molar-refractivity contribution in [2.24, 2.45) is 5.92 Å². The second kappa shape index (κ2) is 8.64. The maximum absolute atomic E-state index is 13.0. The normalized spacial score (nSPS) is 26.5. The molecule has 2 aliphatic heterocycles. The number of hydrogen-bond acceptors (Lipinski definition) is 4. The molecule has 2 atom stereocenters. The number of hydrogen-bond donors (Lipinski definition) is 2. The molecule has 28 heavy (non-hydrogen) atoms. The highest BCUT2D eigenvalue weighted by Gasteiger charge is 2.38. The molecule has 0 spiro atoms. The van der Waals surface area contributed by atoms with Crippen LogP contribution in [0.5, 0.6) is 0 Å². The van der Waals surface area contributed by atoms with E-state index < -0.39 is 0 Å². The van der Waals surface area contributed by atoms with Crippen molar-refractivity contribution in [3.05, 3.63) is 18.0 Å². The molecule has 0 aromatic carbocycles. The second-order valence-corrected chi connectivity index (χ2v) is 8.83. The molecule has 0 unspecified atom stereocenters. The van der Waals surface area contributed by atoms with Gasteiger partial charge < -0.3 is 10.2 Å². The van der Waals surface area contributed by atoms with Gasteiger partial charge in [0.2, 0.25) is 11.8 Å². The van der Waals surface area contributed by atoms with Gasteiger partial charge in [0.15, 0.2) is 0 Å². The minimum atomic E-state index is 0.0334. The number of aromatic nitrogens is 2. The standard InChI is InChI=1S/C21H33N5O2/c1-15(27)22-13-19-5-4-18(26(19)14-16-2-3-16)12-21(28)25-10-7-17(8-11-25)20-6-9-23-24-20/h6,9,16-19H,2-5,7-8,10-14H2,1H3,(H,22,27)(H,23,24)/t18-,19+/m1/s1. The molecule has 7 heteroatoms. The Morgan fingerprint density at radius 3 is 2.54 bits per heavy atom. The van der Waals surface area contributed by atoms with Crippen LogP contribution in [0.3, 0.4) is 0 Å². The maximum Gasteiger partial charge on any atom is 0.224 e. The molecule has 3 heterocycles. The predicted octanol–water partition coefficient (Wildman–Crippen LogP) is 1.88. The Kier molecular flexibility index (Phi) is 5.99. The summed E-state index contributed by atoms with van der Waals surface area (Å²) in [6.07, 6.45) is 9.21. The van der Waals surface area contributed by atoms with Crippen LogP contribution in [0.1, 0.15) is 63.5 Å². The highest BCUT2D eigenvalue weighted by atomic mass is 16.2. The largest absolute Gasteiger partial charge is 0.355 e. The molecule has 2 amide bonds. The molecule has 4 rings (SSSR count). The van der Waals surface area contributed by atoms with Gasteiger partial charge in [0.25, 0.3) is 0 Å². The number of piperidine rings is 1. The summed E-state index contributed by atoms with van der Waals surface area (Å²) >= 11 is 0. The van der Waals surface area contributed by atoms with Gasteiger partial charge in [-0.15, -0.1) is 0 Å². The first kappa shape index (κ1) is 19.4. The number of nitrogens with zero attached hydrogens (tertiary/aromatic N) is 3. The summed E-state index contributed by atoms with van der Waals surface area (Å²) in [7, 11) is 0. The molecule has 7 nitrogen and oxygen atoms in total. The minimum absolute atomic E-state index is 0.0334. The summed E-state index contributed by atoms with van der Waals surface area (Å²) in [5.41, 5.74) is 1.19. The van der Waals surface area contributed by atoms with Crippen LogP contribution in [0, 0.1) is 5.92 Å². The Hall–Kier alpha value is -1.89. The van der Waals surface area contributed by atoms with Crippen molar-refractivity contribution in [1.29, 1.82) is 0 Å². The van der Waals surface area contributed by atoms with Crippen LogP contribution in [-0.2, 0) is 9.59 Å². The van der Waals surface area contributed by atoms with Crippen molar-refractivity contribution in [1.82, 2.24) is 25.3 Å². The van der Waals surface area contributed by atoms with Crippen LogP contribution in [0.25, 0.3) is 0 Å². The molecule has 3 aliphatic rings. The third-order valence-corrected chi connectivity index (χ3v) is 6.74. The van der Waals surface area contributed by atoms with Gasteiger partial charge in [-0.05, 0) is 50.5 Å². The summed E-state index contributed by atoms with van der Waals surface area (Å²) in [5, 5.41) is 10.1. The number of likely N-dealkylation sites (tertiary alicyclic amines) is 2. The third-order valence-electron chi connectivity index (χ3n) is 6.74. The van der Waals surface area contributed by atoms with Gasteiger partial charge in [-0.3, -0.25) is 19.6 Å². The summed E-state index contributed by atoms with van der Waals surface area (Å²) in [6.45, 7) is 5.06. The minimum Gasteiger partial charge on any atom is -0.355 e. The van der Waals surface area contributed by atoms with E-state index in [4.69, 9.17) is 0 Å². The monoisotopic (exact) mass is 387 g/mol. The van der Waals surface area contributed by atoms with E-state index in [1.54, 1.807) is 13.1 Å². The maximum atomic E-state index is 13.0. The van der Waals surface area contributed by atoms with Gasteiger partial charge in [0.1, 0.15) is 0 Å². The van der Waals surface area contributed by atoms with Gasteiger partial charge in [0, 0.05) is 69.4 Å². The molecule has 1 aliphatic carbocycles. The zero-order valence-corrected chi connectivity index (χ0v) is 16.9. The fourth-order valence-electron chi connectivity index (χ4n) is 4.88. The number of amides is 2. The first-order chi connectivity index (χ1) is 13.6.